The Morgan fingerprint density at radius 3 is 2.79 bits per heavy atom. The second-order valence-electron chi connectivity index (χ2n) is 6.99. The number of primary amides is 1. The SMILES string of the molecule is C[C@@H](NC(=O)COc1ccc(Cl)cc1C(N)=O)[C@H]1C[C@H]2CC[C@H]1C2. The maximum absolute atomic E-state index is 12.2. The van der Waals surface area contributed by atoms with Gasteiger partial charge in [0.05, 0.1) is 5.56 Å². The highest BCUT2D eigenvalue weighted by molar-refractivity contribution is 6.31. The number of nitrogens with two attached hydrogens (primary N) is 1. The Morgan fingerprint density at radius 2 is 2.17 bits per heavy atom. The predicted molar refractivity (Wildman–Crippen MR) is 92.0 cm³/mol. The molecule has 3 rings (SSSR count). The molecule has 4 atom stereocenters. The van der Waals surface area contributed by atoms with E-state index in [1.807, 2.05) is 0 Å². The molecule has 0 heterocycles. The van der Waals surface area contributed by atoms with E-state index in [-0.39, 0.29) is 29.9 Å². The zero-order chi connectivity index (χ0) is 17.3. The standard InChI is InChI=1S/C18H23ClN2O3/c1-10(14-7-11-2-3-12(14)6-11)21-17(22)9-24-16-5-4-13(19)8-15(16)18(20)23/h4-5,8,10-12,14H,2-3,6-7,9H2,1H3,(H2,20,23)(H,21,22)/t10-,11+,12+,14-/m1/s1. The van der Waals surface area contributed by atoms with Crippen molar-refractivity contribution in [1.82, 2.24) is 5.32 Å². The lowest BCUT2D eigenvalue weighted by atomic mass is 9.84. The van der Waals surface area contributed by atoms with Crippen molar-refractivity contribution in [3.63, 3.8) is 0 Å². The van der Waals surface area contributed by atoms with Crippen LogP contribution in [0.4, 0.5) is 0 Å². The quantitative estimate of drug-likeness (QED) is 0.827. The van der Waals surface area contributed by atoms with Crippen LogP contribution in [-0.2, 0) is 4.79 Å². The van der Waals surface area contributed by atoms with Crippen molar-refractivity contribution in [2.45, 2.75) is 38.6 Å². The smallest absolute Gasteiger partial charge is 0.258 e. The van der Waals surface area contributed by atoms with E-state index in [1.54, 1.807) is 12.1 Å². The fourth-order valence-electron chi connectivity index (χ4n) is 4.27. The summed E-state index contributed by atoms with van der Waals surface area (Å²) in [6.45, 7) is 1.92. The van der Waals surface area contributed by atoms with Crippen LogP contribution in [0.15, 0.2) is 18.2 Å². The largest absolute Gasteiger partial charge is 0.483 e. The number of carbonyl (C=O) groups is 2. The van der Waals surface area contributed by atoms with Crippen LogP contribution in [0.25, 0.3) is 0 Å². The fraction of sp³-hybridized carbons (Fsp3) is 0.556. The summed E-state index contributed by atoms with van der Waals surface area (Å²) in [4.78, 5) is 23.6. The number of fused-ring (bicyclic) bond motifs is 2. The Bertz CT molecular complexity index is 649. The van der Waals surface area contributed by atoms with Gasteiger partial charge in [0.25, 0.3) is 11.8 Å². The van der Waals surface area contributed by atoms with Crippen LogP contribution < -0.4 is 15.8 Å². The van der Waals surface area contributed by atoms with Crippen molar-refractivity contribution < 1.29 is 14.3 Å². The number of benzene rings is 1. The minimum Gasteiger partial charge on any atom is -0.483 e. The average molecular weight is 351 g/mol. The molecule has 0 aromatic heterocycles. The van der Waals surface area contributed by atoms with Crippen LogP contribution in [0.2, 0.25) is 5.02 Å². The summed E-state index contributed by atoms with van der Waals surface area (Å²) < 4.78 is 5.47. The van der Waals surface area contributed by atoms with E-state index in [2.05, 4.69) is 12.2 Å². The summed E-state index contributed by atoms with van der Waals surface area (Å²) in [7, 11) is 0. The maximum Gasteiger partial charge on any atom is 0.258 e. The van der Waals surface area contributed by atoms with E-state index in [0.29, 0.717) is 10.9 Å². The van der Waals surface area contributed by atoms with Gasteiger partial charge in [-0.1, -0.05) is 18.0 Å². The molecule has 0 saturated heterocycles. The lowest BCUT2D eigenvalue weighted by molar-refractivity contribution is -0.124. The van der Waals surface area contributed by atoms with Crippen LogP contribution in [0.1, 0.15) is 43.0 Å². The van der Waals surface area contributed by atoms with Gasteiger partial charge in [0.2, 0.25) is 0 Å². The number of hydrogen-bond donors (Lipinski definition) is 2. The Morgan fingerprint density at radius 1 is 1.38 bits per heavy atom. The molecule has 24 heavy (non-hydrogen) atoms. The Balaban J connectivity index is 1.53. The van der Waals surface area contributed by atoms with Crippen molar-refractivity contribution in [2.24, 2.45) is 23.5 Å². The highest BCUT2D eigenvalue weighted by Gasteiger charge is 2.42. The second-order valence-corrected chi connectivity index (χ2v) is 7.42. The monoisotopic (exact) mass is 350 g/mol. The molecule has 0 spiro atoms. The molecule has 3 N–H and O–H groups in total. The van der Waals surface area contributed by atoms with Crippen molar-refractivity contribution in [3.8, 4) is 5.75 Å². The number of rotatable bonds is 6. The second kappa shape index (κ2) is 7.01. The molecule has 0 aliphatic heterocycles. The van der Waals surface area contributed by atoms with E-state index in [9.17, 15) is 9.59 Å². The number of amides is 2. The lowest BCUT2D eigenvalue weighted by Crippen LogP contribution is -2.42. The van der Waals surface area contributed by atoms with Crippen molar-refractivity contribution in [3.05, 3.63) is 28.8 Å². The summed E-state index contributed by atoms with van der Waals surface area (Å²) in [6.07, 6.45) is 5.17. The molecule has 1 aromatic rings. The molecule has 5 nitrogen and oxygen atoms in total. The summed E-state index contributed by atoms with van der Waals surface area (Å²) in [5, 5.41) is 3.42. The van der Waals surface area contributed by atoms with Gasteiger partial charge in [-0.05, 0) is 62.1 Å². The molecular formula is C18H23ClN2O3. The normalized spacial score (nSPS) is 26.2. The van der Waals surface area contributed by atoms with Gasteiger partial charge in [-0.25, -0.2) is 0 Å². The zero-order valence-electron chi connectivity index (χ0n) is 13.8. The first-order valence-corrected chi connectivity index (χ1v) is 8.83. The van der Waals surface area contributed by atoms with Gasteiger partial charge < -0.3 is 15.8 Å². The van der Waals surface area contributed by atoms with Crippen molar-refractivity contribution in [2.75, 3.05) is 6.61 Å². The summed E-state index contributed by atoms with van der Waals surface area (Å²) in [6, 6.07) is 4.74. The van der Waals surface area contributed by atoms with E-state index in [0.717, 1.165) is 11.8 Å². The topological polar surface area (TPSA) is 81.4 Å². The summed E-state index contributed by atoms with van der Waals surface area (Å²) >= 11 is 5.85. The first-order valence-electron chi connectivity index (χ1n) is 8.45. The van der Waals surface area contributed by atoms with Gasteiger partial charge in [0.1, 0.15) is 5.75 Å². The summed E-state index contributed by atoms with van der Waals surface area (Å²) in [5.74, 6) is 1.63. The molecule has 2 fully saturated rings. The van der Waals surface area contributed by atoms with E-state index >= 15 is 0 Å². The predicted octanol–water partition coefficient (Wildman–Crippen LogP) is 2.76. The van der Waals surface area contributed by atoms with Gasteiger partial charge in [-0.15, -0.1) is 0 Å². The number of carbonyl (C=O) groups excluding carboxylic acids is 2. The Labute approximate surface area is 146 Å². The third kappa shape index (κ3) is 3.66. The Hall–Kier alpha value is -1.75. The Kier molecular flexibility index (Phi) is 4.99. The van der Waals surface area contributed by atoms with E-state index < -0.39 is 5.91 Å². The van der Waals surface area contributed by atoms with Crippen LogP contribution >= 0.6 is 11.6 Å². The zero-order valence-corrected chi connectivity index (χ0v) is 14.5. The molecule has 2 bridgehead atoms. The third-order valence-electron chi connectivity index (χ3n) is 5.39. The molecule has 2 aliphatic carbocycles. The minimum absolute atomic E-state index is 0.146. The minimum atomic E-state index is -0.636. The molecule has 6 heteroatoms. The molecular weight excluding hydrogens is 328 g/mol. The first kappa shape index (κ1) is 17.1. The number of hydrogen-bond acceptors (Lipinski definition) is 3. The average Bonchev–Trinajstić information content (AvgIpc) is 3.16. The molecule has 2 saturated carbocycles. The van der Waals surface area contributed by atoms with Crippen molar-refractivity contribution >= 4 is 23.4 Å². The van der Waals surface area contributed by atoms with Crippen LogP contribution in [0.3, 0.4) is 0 Å². The third-order valence-corrected chi connectivity index (χ3v) is 5.62. The van der Waals surface area contributed by atoms with Crippen LogP contribution in [0.5, 0.6) is 5.75 Å². The highest BCUT2D eigenvalue weighted by atomic mass is 35.5. The number of ether oxygens (including phenoxy) is 1. The van der Waals surface area contributed by atoms with Crippen LogP contribution in [-0.4, -0.2) is 24.5 Å². The summed E-state index contributed by atoms with van der Waals surface area (Å²) in [5.41, 5.74) is 5.49. The molecule has 2 aliphatic rings. The lowest BCUT2D eigenvalue weighted by Gasteiger charge is -2.28. The van der Waals surface area contributed by atoms with Gasteiger partial charge >= 0.3 is 0 Å². The van der Waals surface area contributed by atoms with Gasteiger partial charge in [0.15, 0.2) is 6.61 Å². The first-order chi connectivity index (χ1) is 11.4. The molecule has 130 valence electrons. The molecule has 0 radical (unpaired) electrons. The van der Waals surface area contributed by atoms with E-state index in [1.165, 1.54) is 31.7 Å². The van der Waals surface area contributed by atoms with E-state index in [4.69, 9.17) is 22.1 Å². The fourth-order valence-corrected chi connectivity index (χ4v) is 4.44. The van der Waals surface area contributed by atoms with Gasteiger partial charge in [-0.2, -0.15) is 0 Å². The van der Waals surface area contributed by atoms with Gasteiger partial charge in [-0.3, -0.25) is 9.59 Å². The number of halogens is 1. The van der Waals surface area contributed by atoms with Gasteiger partial charge in [0, 0.05) is 11.1 Å². The highest BCUT2D eigenvalue weighted by Crippen LogP contribution is 2.49. The molecule has 1 aromatic carbocycles. The van der Waals surface area contributed by atoms with Crippen LogP contribution in [0, 0.1) is 17.8 Å². The molecule has 0 unspecified atom stereocenters. The number of nitrogens with one attached hydrogen (secondary N) is 1. The maximum atomic E-state index is 12.2. The molecule has 2 amide bonds. The van der Waals surface area contributed by atoms with Crippen molar-refractivity contribution in [1.29, 1.82) is 0 Å².